The van der Waals surface area contributed by atoms with Crippen molar-refractivity contribution in [2.24, 2.45) is 5.73 Å². The van der Waals surface area contributed by atoms with Gasteiger partial charge in [0.1, 0.15) is 0 Å². The maximum Gasteiger partial charge on any atom is 0.428 e. The van der Waals surface area contributed by atoms with Gasteiger partial charge in [0.25, 0.3) is 0 Å². The molecular weight excluding hydrogens is 218 g/mol. The van der Waals surface area contributed by atoms with Gasteiger partial charge in [-0.2, -0.15) is 0 Å². The van der Waals surface area contributed by atoms with Crippen LogP contribution in [0.25, 0.3) is 0 Å². The number of aliphatic hydroxyl groups is 1. The van der Waals surface area contributed by atoms with Crippen molar-refractivity contribution in [3.05, 3.63) is 0 Å². The molecule has 0 bridgehead atoms. The lowest BCUT2D eigenvalue weighted by Crippen LogP contribution is -2.64. The third kappa shape index (κ3) is 2.34. The van der Waals surface area contributed by atoms with Crippen LogP contribution in [0, 0.1) is 0 Å². The Morgan fingerprint density at radius 1 is 1.19 bits per heavy atom. The number of nitrogens with two attached hydrogens (primary N) is 1. The zero-order valence-electron chi connectivity index (χ0n) is 9.12. The summed E-state index contributed by atoms with van der Waals surface area (Å²) in [5, 5.41) is 11.5. The lowest BCUT2D eigenvalue weighted by Gasteiger charge is -2.40. The number of carbonyl (C=O) groups excluding carboxylic acids is 2. The Balaban J connectivity index is 2.83. The number of methoxy groups -OCH3 is 2. The van der Waals surface area contributed by atoms with E-state index in [0.717, 1.165) is 10.0 Å². The zero-order valence-corrected chi connectivity index (χ0v) is 9.12. The van der Waals surface area contributed by atoms with Crippen molar-refractivity contribution >= 4 is 12.2 Å². The summed E-state index contributed by atoms with van der Waals surface area (Å²) in [6.07, 6.45) is -2.39. The highest BCUT2D eigenvalue weighted by Gasteiger charge is 2.37. The van der Waals surface area contributed by atoms with E-state index >= 15 is 0 Å². The number of β-amino-alcohol motifs (C(OH)–C–C–N with tert-alkyl or cyclic N) is 1. The first-order chi connectivity index (χ1) is 7.51. The van der Waals surface area contributed by atoms with Gasteiger partial charge in [-0.3, -0.25) is 0 Å². The molecule has 0 radical (unpaired) electrons. The van der Waals surface area contributed by atoms with Crippen molar-refractivity contribution in [3.8, 4) is 0 Å². The Hall–Kier alpha value is -1.54. The number of aliphatic hydroxyl groups excluding tert-OH is 1. The van der Waals surface area contributed by atoms with E-state index < -0.39 is 24.3 Å². The number of ether oxygens (including phenoxy) is 2. The second kappa shape index (κ2) is 4.99. The van der Waals surface area contributed by atoms with Gasteiger partial charge in [-0.1, -0.05) is 0 Å². The van der Waals surface area contributed by atoms with E-state index in [9.17, 15) is 14.7 Å². The molecule has 1 aliphatic rings. The van der Waals surface area contributed by atoms with Crippen molar-refractivity contribution in [3.63, 3.8) is 0 Å². The zero-order chi connectivity index (χ0) is 12.3. The number of hydrogen-bond acceptors (Lipinski definition) is 6. The average Bonchev–Trinajstić information content (AvgIpc) is 2.30. The monoisotopic (exact) mass is 233 g/mol. The number of rotatable bonds is 0. The lowest BCUT2D eigenvalue weighted by molar-refractivity contribution is -0.0730. The second-order valence-electron chi connectivity index (χ2n) is 3.34. The van der Waals surface area contributed by atoms with Crippen LogP contribution >= 0.6 is 0 Å². The van der Waals surface area contributed by atoms with Gasteiger partial charge < -0.3 is 20.3 Å². The molecule has 1 fully saturated rings. The van der Waals surface area contributed by atoms with Crippen LogP contribution in [0.4, 0.5) is 9.59 Å². The fraction of sp³-hybridized carbons (Fsp3) is 0.750. The Bertz CT molecular complexity index is 257. The molecule has 0 saturated carbocycles. The smallest absolute Gasteiger partial charge is 0.428 e. The third-order valence-corrected chi connectivity index (χ3v) is 2.30. The van der Waals surface area contributed by atoms with Crippen LogP contribution in [0.5, 0.6) is 0 Å². The molecule has 0 aliphatic carbocycles. The molecule has 2 atom stereocenters. The molecular formula is C8H15N3O5. The van der Waals surface area contributed by atoms with E-state index in [2.05, 4.69) is 9.47 Å². The van der Waals surface area contributed by atoms with Crippen molar-refractivity contribution in [1.82, 2.24) is 10.0 Å². The molecule has 16 heavy (non-hydrogen) atoms. The first-order valence-corrected chi connectivity index (χ1v) is 4.65. The fourth-order valence-electron chi connectivity index (χ4n) is 1.39. The topological polar surface area (TPSA) is 105 Å². The molecule has 8 heteroatoms. The number of hydrazine groups is 1. The van der Waals surface area contributed by atoms with E-state index in [1.807, 2.05) is 0 Å². The van der Waals surface area contributed by atoms with Crippen LogP contribution < -0.4 is 5.73 Å². The van der Waals surface area contributed by atoms with E-state index in [0.29, 0.717) is 0 Å². The first kappa shape index (κ1) is 12.5. The van der Waals surface area contributed by atoms with Gasteiger partial charge in [0.15, 0.2) is 0 Å². The van der Waals surface area contributed by atoms with Crippen molar-refractivity contribution < 1.29 is 24.2 Å². The number of hydrogen-bond donors (Lipinski definition) is 2. The predicted molar refractivity (Wildman–Crippen MR) is 52.2 cm³/mol. The van der Waals surface area contributed by atoms with Gasteiger partial charge in [0.2, 0.25) is 0 Å². The fourth-order valence-corrected chi connectivity index (χ4v) is 1.39. The van der Waals surface area contributed by atoms with Crippen LogP contribution in [0.1, 0.15) is 0 Å². The SMILES string of the molecule is COC(=O)N1C[C@@H](O)[C@@H](N)CN1C(=O)OC. The Morgan fingerprint density at radius 2 is 1.62 bits per heavy atom. The molecule has 0 aromatic rings. The largest absolute Gasteiger partial charge is 0.452 e. The van der Waals surface area contributed by atoms with Gasteiger partial charge >= 0.3 is 12.2 Å². The number of nitrogens with zero attached hydrogens (tertiary/aromatic N) is 2. The molecule has 1 rings (SSSR count). The molecule has 8 nitrogen and oxygen atoms in total. The van der Waals surface area contributed by atoms with E-state index in [-0.39, 0.29) is 13.1 Å². The third-order valence-electron chi connectivity index (χ3n) is 2.30. The van der Waals surface area contributed by atoms with E-state index in [1.165, 1.54) is 14.2 Å². The van der Waals surface area contributed by atoms with Gasteiger partial charge in [-0.05, 0) is 0 Å². The van der Waals surface area contributed by atoms with Crippen LogP contribution in [-0.2, 0) is 9.47 Å². The molecule has 0 spiro atoms. The van der Waals surface area contributed by atoms with Crippen molar-refractivity contribution in [2.45, 2.75) is 12.1 Å². The molecule has 0 aromatic carbocycles. The Labute approximate surface area is 92.5 Å². The molecule has 1 heterocycles. The molecule has 1 aliphatic heterocycles. The quantitative estimate of drug-likeness (QED) is 0.541. The second-order valence-corrected chi connectivity index (χ2v) is 3.34. The molecule has 92 valence electrons. The normalized spacial score (nSPS) is 25.2. The summed E-state index contributed by atoms with van der Waals surface area (Å²) in [4.78, 5) is 22.7. The minimum atomic E-state index is -0.903. The van der Waals surface area contributed by atoms with Crippen LogP contribution in [0.15, 0.2) is 0 Å². The first-order valence-electron chi connectivity index (χ1n) is 4.65. The van der Waals surface area contributed by atoms with Crippen molar-refractivity contribution in [1.29, 1.82) is 0 Å². The predicted octanol–water partition coefficient (Wildman–Crippen LogP) is -1.26. The molecule has 0 unspecified atom stereocenters. The maximum atomic E-state index is 11.4. The summed E-state index contributed by atoms with van der Waals surface area (Å²) in [7, 11) is 2.37. The summed E-state index contributed by atoms with van der Waals surface area (Å²) in [5.41, 5.74) is 5.59. The molecule has 0 aromatic heterocycles. The maximum absolute atomic E-state index is 11.4. The molecule has 1 saturated heterocycles. The van der Waals surface area contributed by atoms with E-state index in [1.54, 1.807) is 0 Å². The summed E-state index contributed by atoms with van der Waals surface area (Å²) < 4.78 is 8.98. The van der Waals surface area contributed by atoms with Gasteiger partial charge in [0, 0.05) is 0 Å². The highest BCUT2D eigenvalue weighted by molar-refractivity contribution is 5.74. The Kier molecular flexibility index (Phi) is 3.91. The van der Waals surface area contributed by atoms with Crippen LogP contribution in [0.2, 0.25) is 0 Å². The van der Waals surface area contributed by atoms with Gasteiger partial charge in [0.05, 0.1) is 39.5 Å². The molecule has 3 N–H and O–H groups in total. The summed E-state index contributed by atoms with van der Waals surface area (Å²) >= 11 is 0. The highest BCUT2D eigenvalue weighted by Crippen LogP contribution is 2.13. The van der Waals surface area contributed by atoms with Gasteiger partial charge in [-0.15, -0.1) is 0 Å². The summed E-state index contributed by atoms with van der Waals surface area (Å²) in [6, 6.07) is -0.625. The van der Waals surface area contributed by atoms with Crippen molar-refractivity contribution in [2.75, 3.05) is 27.3 Å². The highest BCUT2D eigenvalue weighted by atomic mass is 16.6. The Morgan fingerprint density at radius 3 is 2.06 bits per heavy atom. The van der Waals surface area contributed by atoms with E-state index in [4.69, 9.17) is 5.73 Å². The van der Waals surface area contributed by atoms with Crippen LogP contribution in [0.3, 0.4) is 0 Å². The number of carbonyl (C=O) groups is 2. The lowest BCUT2D eigenvalue weighted by atomic mass is 10.1. The standard InChI is InChI=1S/C8H15N3O5/c1-15-7(13)10-3-5(9)6(12)4-11(10)8(14)16-2/h5-6,12H,3-4,9H2,1-2H3/t5-,6+/m0/s1. The number of amides is 2. The minimum absolute atomic E-state index is 0.0110. The van der Waals surface area contributed by atoms with Gasteiger partial charge in [-0.25, -0.2) is 19.6 Å². The van der Waals surface area contributed by atoms with Crippen LogP contribution in [-0.4, -0.2) is 66.8 Å². The molecule has 2 amide bonds. The summed E-state index contributed by atoms with van der Waals surface area (Å²) in [5.74, 6) is 0. The average molecular weight is 233 g/mol. The summed E-state index contributed by atoms with van der Waals surface area (Å²) in [6.45, 7) is -0.119. The minimum Gasteiger partial charge on any atom is -0.452 e.